The fraction of sp³-hybridized carbons (Fsp3) is 0.412. The molecule has 0 saturated carbocycles. The number of ketones is 1. The van der Waals surface area contributed by atoms with Crippen LogP contribution in [0.2, 0.25) is 0 Å². The quantitative estimate of drug-likeness (QED) is 0.0626. The second-order valence-electron chi connectivity index (χ2n) is 12.9. The summed E-state index contributed by atoms with van der Waals surface area (Å²) in [5.41, 5.74) is 6.81. The van der Waals surface area contributed by atoms with Gasteiger partial charge in [0.15, 0.2) is 17.2 Å². The van der Waals surface area contributed by atoms with E-state index in [-0.39, 0.29) is 66.6 Å². The molecule has 0 spiro atoms. The number of Topliss-reactive ketones (excluding diaryl/α,β-unsaturated/α-hetero) is 1. The molecule has 278 valence electrons. The summed E-state index contributed by atoms with van der Waals surface area (Å²) in [6, 6.07) is 4.45. The Morgan fingerprint density at radius 1 is 0.808 bits per heavy atom. The van der Waals surface area contributed by atoms with Gasteiger partial charge in [-0.1, -0.05) is 32.0 Å². The Labute approximate surface area is 298 Å². The van der Waals surface area contributed by atoms with Gasteiger partial charge in [-0.05, 0) is 37.8 Å². The number of hydrogen-bond donors (Lipinski definition) is 10. The van der Waals surface area contributed by atoms with Crippen LogP contribution in [0.4, 0.5) is 0 Å². The molecule has 52 heavy (non-hydrogen) atoms. The molecule has 18 heteroatoms. The van der Waals surface area contributed by atoms with Crippen molar-refractivity contribution in [3.05, 3.63) is 71.5 Å². The number of hydrogen-bond acceptors (Lipinski definition) is 10. The monoisotopic (exact) mass is 719 g/mol. The topological polar surface area (TPSA) is 282 Å². The third kappa shape index (κ3) is 10.1. The number of benzene rings is 1. The van der Waals surface area contributed by atoms with E-state index in [0.717, 1.165) is 22.8 Å². The number of H-pyrrole nitrogens is 3. The maximum Gasteiger partial charge on any atom is 0.325 e. The van der Waals surface area contributed by atoms with Crippen molar-refractivity contribution >= 4 is 46.3 Å². The SMILES string of the molecule is CC(C)C[C@@H](CN)NC(=O)c1nc[nH]c1C(=O)N[C@@H](Cc1c[nH]c2ccccc12)C(=O)CNC[C@H](C)NC(=O)c1nc[nH]c1C(=O)N[C@@H](C)C(=O)O. The number of para-hydroxylation sites is 1. The van der Waals surface area contributed by atoms with Gasteiger partial charge in [0.05, 0.1) is 25.2 Å². The van der Waals surface area contributed by atoms with Crippen molar-refractivity contribution in [3.8, 4) is 0 Å². The van der Waals surface area contributed by atoms with E-state index in [0.29, 0.717) is 6.42 Å². The van der Waals surface area contributed by atoms with E-state index >= 15 is 0 Å². The molecule has 3 aromatic heterocycles. The maximum absolute atomic E-state index is 13.7. The van der Waals surface area contributed by atoms with Gasteiger partial charge < -0.3 is 52.4 Å². The van der Waals surface area contributed by atoms with Gasteiger partial charge in [-0.2, -0.15) is 0 Å². The number of nitrogens with one attached hydrogen (secondary N) is 8. The zero-order valence-corrected chi connectivity index (χ0v) is 29.3. The second-order valence-corrected chi connectivity index (χ2v) is 12.9. The Hall–Kier alpha value is -5.88. The zero-order chi connectivity index (χ0) is 37.9. The first-order valence-electron chi connectivity index (χ1n) is 16.8. The molecule has 4 rings (SSSR count). The molecule has 0 fully saturated rings. The largest absolute Gasteiger partial charge is 0.480 e. The number of carbonyl (C=O) groups is 6. The number of carbonyl (C=O) groups excluding carboxylic acids is 5. The smallest absolute Gasteiger partial charge is 0.325 e. The van der Waals surface area contributed by atoms with Gasteiger partial charge in [0, 0.05) is 48.7 Å². The standard InChI is InChI=1S/C34H45N11O7/c1-17(2)9-21(11-35)44-32(49)28-29(41-16-40-28)33(50)45-24(10-20-13-37-23-8-6-5-7-22(20)23)25(46)14-36-12-18(3)42-30(47)26-27(39-15-38-26)31(48)43-19(4)34(51)52/h5-8,13,15-19,21,24,36-37H,9-12,14,35H2,1-4H3,(H,38,39)(H,40,41)(H,42,47)(H,43,48)(H,44,49)(H,45,50)(H,51,52)/t18-,19-,21-,24-/m0/s1. The highest BCUT2D eigenvalue weighted by molar-refractivity contribution is 6.07. The number of rotatable bonds is 19. The summed E-state index contributed by atoms with van der Waals surface area (Å²) < 4.78 is 0. The minimum atomic E-state index is -1.25. The van der Waals surface area contributed by atoms with Crippen LogP contribution in [0.3, 0.4) is 0 Å². The van der Waals surface area contributed by atoms with E-state index in [9.17, 15) is 28.8 Å². The molecule has 0 radical (unpaired) electrons. The van der Waals surface area contributed by atoms with Gasteiger partial charge in [-0.3, -0.25) is 28.8 Å². The van der Waals surface area contributed by atoms with Crippen LogP contribution in [0.15, 0.2) is 43.1 Å². The van der Waals surface area contributed by atoms with Crippen molar-refractivity contribution in [1.82, 2.24) is 51.5 Å². The van der Waals surface area contributed by atoms with Crippen molar-refractivity contribution in [2.24, 2.45) is 11.7 Å². The minimum Gasteiger partial charge on any atom is -0.480 e. The molecule has 4 amide bonds. The molecule has 0 aliphatic carbocycles. The molecule has 0 aliphatic rings. The van der Waals surface area contributed by atoms with Crippen LogP contribution >= 0.6 is 0 Å². The predicted molar refractivity (Wildman–Crippen MR) is 190 cm³/mol. The van der Waals surface area contributed by atoms with Gasteiger partial charge in [0.25, 0.3) is 23.6 Å². The lowest BCUT2D eigenvalue weighted by Crippen LogP contribution is -2.48. The average molecular weight is 720 g/mol. The lowest BCUT2D eigenvalue weighted by molar-refractivity contribution is -0.138. The lowest BCUT2D eigenvalue weighted by atomic mass is 10.0. The summed E-state index contributed by atoms with van der Waals surface area (Å²) in [4.78, 5) is 93.2. The maximum atomic E-state index is 13.7. The van der Waals surface area contributed by atoms with Crippen LogP contribution in [0.1, 0.15) is 81.6 Å². The van der Waals surface area contributed by atoms with Crippen molar-refractivity contribution in [3.63, 3.8) is 0 Å². The van der Waals surface area contributed by atoms with E-state index in [1.165, 1.54) is 13.3 Å². The molecule has 0 saturated heterocycles. The second kappa shape index (κ2) is 17.9. The van der Waals surface area contributed by atoms with Crippen molar-refractivity contribution < 1.29 is 33.9 Å². The summed E-state index contributed by atoms with van der Waals surface area (Å²) >= 11 is 0. The number of amides is 4. The van der Waals surface area contributed by atoms with Gasteiger partial charge in [0.1, 0.15) is 17.4 Å². The fourth-order valence-electron chi connectivity index (χ4n) is 5.52. The molecular formula is C34H45N11O7. The van der Waals surface area contributed by atoms with Crippen LogP contribution in [0.5, 0.6) is 0 Å². The average Bonchev–Trinajstić information content (AvgIpc) is 3.88. The zero-order valence-electron chi connectivity index (χ0n) is 29.3. The van der Waals surface area contributed by atoms with Gasteiger partial charge in [-0.15, -0.1) is 0 Å². The van der Waals surface area contributed by atoms with E-state index in [4.69, 9.17) is 10.8 Å². The Morgan fingerprint density at radius 2 is 1.42 bits per heavy atom. The third-order valence-corrected chi connectivity index (χ3v) is 8.18. The molecule has 0 unspecified atom stereocenters. The van der Waals surface area contributed by atoms with Crippen LogP contribution in [-0.2, 0) is 16.0 Å². The first-order valence-corrected chi connectivity index (χ1v) is 16.8. The molecule has 11 N–H and O–H groups in total. The number of aliphatic carboxylic acids is 1. The number of aromatic nitrogens is 5. The van der Waals surface area contributed by atoms with E-state index in [2.05, 4.69) is 51.5 Å². The van der Waals surface area contributed by atoms with Crippen molar-refractivity contribution in [1.29, 1.82) is 0 Å². The Kier molecular flexibility index (Phi) is 13.4. The molecule has 0 bridgehead atoms. The van der Waals surface area contributed by atoms with Crippen LogP contribution in [-0.4, -0.2) is 109 Å². The Morgan fingerprint density at radius 3 is 2.04 bits per heavy atom. The molecule has 4 aromatic rings. The number of carboxylic acid groups (broad SMARTS) is 1. The summed E-state index contributed by atoms with van der Waals surface area (Å²) in [5, 5.41) is 23.5. The number of nitrogens with zero attached hydrogens (tertiary/aromatic N) is 2. The fourth-order valence-corrected chi connectivity index (χ4v) is 5.52. The number of imidazole rings is 2. The Balaban J connectivity index is 1.42. The van der Waals surface area contributed by atoms with Crippen molar-refractivity contribution in [2.45, 2.75) is 64.7 Å². The molecule has 0 aliphatic heterocycles. The number of aromatic amines is 3. The normalized spacial score (nSPS) is 13.6. The number of nitrogens with two attached hydrogens (primary N) is 1. The molecule has 1 aromatic carbocycles. The predicted octanol–water partition coefficient (Wildman–Crippen LogP) is 0.239. The summed E-state index contributed by atoms with van der Waals surface area (Å²) in [7, 11) is 0. The van der Waals surface area contributed by atoms with E-state index < -0.39 is 47.7 Å². The first-order chi connectivity index (χ1) is 24.8. The summed E-state index contributed by atoms with van der Waals surface area (Å²) in [6.07, 6.45) is 4.91. The van der Waals surface area contributed by atoms with Crippen LogP contribution in [0.25, 0.3) is 10.9 Å². The summed E-state index contributed by atoms with van der Waals surface area (Å²) in [5.74, 6) is -4.13. The Bertz CT molecular complexity index is 1900. The molecule has 3 heterocycles. The highest BCUT2D eigenvalue weighted by atomic mass is 16.4. The minimum absolute atomic E-state index is 0.109. The van der Waals surface area contributed by atoms with Crippen LogP contribution in [0, 0.1) is 5.92 Å². The van der Waals surface area contributed by atoms with E-state index in [1.807, 2.05) is 38.1 Å². The van der Waals surface area contributed by atoms with E-state index in [1.54, 1.807) is 13.1 Å². The van der Waals surface area contributed by atoms with Gasteiger partial charge >= 0.3 is 5.97 Å². The lowest BCUT2D eigenvalue weighted by Gasteiger charge is -2.20. The highest BCUT2D eigenvalue weighted by Crippen LogP contribution is 2.20. The van der Waals surface area contributed by atoms with Gasteiger partial charge in [0.2, 0.25) is 0 Å². The third-order valence-electron chi connectivity index (χ3n) is 8.18. The highest BCUT2D eigenvalue weighted by Gasteiger charge is 2.28. The van der Waals surface area contributed by atoms with Gasteiger partial charge in [-0.25, -0.2) is 9.97 Å². The number of fused-ring (bicyclic) bond motifs is 1. The molecule has 18 nitrogen and oxygen atoms in total. The first kappa shape index (κ1) is 38.9. The summed E-state index contributed by atoms with van der Waals surface area (Å²) in [6.45, 7) is 7.10. The van der Waals surface area contributed by atoms with Crippen molar-refractivity contribution in [2.75, 3.05) is 19.6 Å². The molecule has 4 atom stereocenters. The molecular weight excluding hydrogens is 674 g/mol. The number of carboxylic acids is 1. The van der Waals surface area contributed by atoms with Crippen LogP contribution < -0.4 is 32.3 Å².